The van der Waals surface area contributed by atoms with Crippen LogP contribution in [0.3, 0.4) is 0 Å². The minimum absolute atomic E-state index is 0.0235. The molecule has 3 aromatic carbocycles. The van der Waals surface area contributed by atoms with Crippen LogP contribution in [-0.4, -0.2) is 62.4 Å². The van der Waals surface area contributed by atoms with Crippen molar-refractivity contribution in [2.24, 2.45) is 4.99 Å². The standard InChI is InChI=1S/C27H28ClN5O4S/c1-33-13-12-20(16-33)29-18-8-10-19(11-9-18)30-26(17-6-4-3-5-7-17)25-21-14-24(38(35,36)32-37-2)22(28)15-23(21)31-27(25)34/h3-11,14-15,20,29,31-32,34H,12-13,16H2,1-2H3/t20-/m1/s1. The van der Waals surface area contributed by atoms with E-state index in [1.807, 2.05) is 59.5 Å². The second kappa shape index (κ2) is 10.8. The van der Waals surface area contributed by atoms with E-state index in [0.29, 0.717) is 33.9 Å². The fourth-order valence-corrected chi connectivity index (χ4v) is 6.06. The lowest BCUT2D eigenvalue weighted by molar-refractivity contribution is 0.153. The van der Waals surface area contributed by atoms with Crippen LogP contribution in [-0.2, 0) is 14.9 Å². The number of aromatic hydroxyl groups is 1. The van der Waals surface area contributed by atoms with E-state index in [4.69, 9.17) is 16.6 Å². The highest BCUT2D eigenvalue weighted by molar-refractivity contribution is 7.89. The van der Waals surface area contributed by atoms with Gasteiger partial charge in [-0.15, -0.1) is 0 Å². The molecule has 0 spiro atoms. The summed E-state index contributed by atoms with van der Waals surface area (Å²) in [4.78, 5) is 16.5. The van der Waals surface area contributed by atoms with Crippen LogP contribution in [0.4, 0.5) is 11.4 Å². The van der Waals surface area contributed by atoms with Gasteiger partial charge in [-0.05, 0) is 56.4 Å². The first-order chi connectivity index (χ1) is 18.2. The summed E-state index contributed by atoms with van der Waals surface area (Å²) in [5.74, 6) is -0.156. The van der Waals surface area contributed by atoms with Gasteiger partial charge in [-0.2, -0.15) is 0 Å². The van der Waals surface area contributed by atoms with E-state index in [1.54, 1.807) is 0 Å². The predicted octanol–water partition coefficient (Wildman–Crippen LogP) is 4.65. The Hall–Kier alpha value is -3.41. The number of rotatable bonds is 8. The van der Waals surface area contributed by atoms with Gasteiger partial charge in [0.05, 0.1) is 34.6 Å². The van der Waals surface area contributed by atoms with Gasteiger partial charge in [0.1, 0.15) is 4.90 Å². The summed E-state index contributed by atoms with van der Waals surface area (Å²) in [6, 6.07) is 20.4. The zero-order valence-electron chi connectivity index (χ0n) is 20.9. The molecule has 198 valence electrons. The number of fused-ring (bicyclic) bond motifs is 1. The van der Waals surface area contributed by atoms with Crippen molar-refractivity contribution in [2.75, 3.05) is 32.6 Å². The zero-order chi connectivity index (χ0) is 26.9. The molecule has 2 heterocycles. The van der Waals surface area contributed by atoms with Crippen molar-refractivity contribution in [1.29, 1.82) is 0 Å². The normalized spacial score (nSPS) is 16.8. The molecule has 0 amide bonds. The molecule has 4 N–H and O–H groups in total. The monoisotopic (exact) mass is 553 g/mol. The summed E-state index contributed by atoms with van der Waals surface area (Å²) in [5, 5.41) is 14.9. The van der Waals surface area contributed by atoms with Crippen molar-refractivity contribution in [3.8, 4) is 5.88 Å². The first-order valence-corrected chi connectivity index (χ1v) is 13.9. The summed E-state index contributed by atoms with van der Waals surface area (Å²) in [5.41, 5.74) is 3.72. The Bertz CT molecular complexity index is 1590. The molecule has 0 saturated carbocycles. The van der Waals surface area contributed by atoms with Gasteiger partial charge >= 0.3 is 0 Å². The number of sulfonamides is 1. The van der Waals surface area contributed by atoms with Crippen LogP contribution < -0.4 is 10.2 Å². The van der Waals surface area contributed by atoms with Gasteiger partial charge in [0.2, 0.25) is 0 Å². The molecular weight excluding hydrogens is 526 g/mol. The highest BCUT2D eigenvalue weighted by atomic mass is 35.5. The summed E-state index contributed by atoms with van der Waals surface area (Å²) in [6.45, 7) is 2.07. The Morgan fingerprint density at radius 3 is 2.55 bits per heavy atom. The number of aliphatic imine (C=N–C) groups is 1. The first kappa shape index (κ1) is 26.2. The van der Waals surface area contributed by atoms with E-state index in [0.717, 1.165) is 30.8 Å². The maximum atomic E-state index is 12.7. The number of halogens is 1. The van der Waals surface area contributed by atoms with Gasteiger partial charge in [-0.25, -0.2) is 13.4 Å². The van der Waals surface area contributed by atoms with Gasteiger partial charge in [-0.1, -0.05) is 46.8 Å². The highest BCUT2D eigenvalue weighted by Gasteiger charge is 2.24. The number of anilines is 1. The van der Waals surface area contributed by atoms with E-state index in [-0.39, 0.29) is 15.8 Å². The van der Waals surface area contributed by atoms with Crippen molar-refractivity contribution >= 4 is 49.6 Å². The Kier molecular flexibility index (Phi) is 7.42. The summed E-state index contributed by atoms with van der Waals surface area (Å²) >= 11 is 6.28. The Balaban J connectivity index is 1.60. The maximum Gasteiger partial charge on any atom is 0.263 e. The number of likely N-dealkylation sites (tertiary alicyclic amines) is 1. The van der Waals surface area contributed by atoms with Crippen molar-refractivity contribution in [3.63, 3.8) is 0 Å². The van der Waals surface area contributed by atoms with Crippen LogP contribution in [0, 0.1) is 0 Å². The van der Waals surface area contributed by atoms with E-state index in [2.05, 4.69) is 27.1 Å². The van der Waals surface area contributed by atoms with Crippen molar-refractivity contribution in [1.82, 2.24) is 14.8 Å². The zero-order valence-corrected chi connectivity index (χ0v) is 22.5. The molecule has 11 heteroatoms. The molecule has 1 aromatic heterocycles. The van der Waals surface area contributed by atoms with Crippen molar-refractivity contribution in [2.45, 2.75) is 17.4 Å². The van der Waals surface area contributed by atoms with Crippen LogP contribution >= 0.6 is 11.6 Å². The number of H-pyrrole nitrogens is 1. The van der Waals surface area contributed by atoms with Gasteiger partial charge < -0.3 is 20.3 Å². The predicted molar refractivity (Wildman–Crippen MR) is 150 cm³/mol. The van der Waals surface area contributed by atoms with E-state index >= 15 is 0 Å². The number of aromatic nitrogens is 1. The summed E-state index contributed by atoms with van der Waals surface area (Å²) < 4.78 is 25.4. The molecule has 1 aliphatic rings. The van der Waals surface area contributed by atoms with Crippen molar-refractivity contribution in [3.05, 3.63) is 82.9 Å². The number of aromatic amines is 1. The van der Waals surface area contributed by atoms with Gasteiger partial charge in [0.25, 0.3) is 10.0 Å². The molecule has 9 nitrogen and oxygen atoms in total. The smallest absolute Gasteiger partial charge is 0.263 e. The lowest BCUT2D eigenvalue weighted by Crippen LogP contribution is -2.23. The molecular formula is C27H28ClN5O4S. The Morgan fingerprint density at radius 2 is 1.89 bits per heavy atom. The third-order valence-electron chi connectivity index (χ3n) is 6.47. The van der Waals surface area contributed by atoms with Gasteiger partial charge in [0, 0.05) is 29.2 Å². The third kappa shape index (κ3) is 5.40. The quantitative estimate of drug-likeness (QED) is 0.186. The van der Waals surface area contributed by atoms with Crippen LogP contribution in [0.2, 0.25) is 5.02 Å². The number of likely N-dealkylation sites (N-methyl/N-ethyl adjacent to an activating group) is 1. The molecule has 5 rings (SSSR count). The molecule has 38 heavy (non-hydrogen) atoms. The minimum atomic E-state index is -4.06. The van der Waals surface area contributed by atoms with Crippen LogP contribution in [0.15, 0.2) is 76.6 Å². The molecule has 1 fully saturated rings. The molecule has 1 atom stereocenters. The number of nitrogens with zero attached hydrogens (tertiary/aromatic N) is 2. The molecule has 4 aromatic rings. The van der Waals surface area contributed by atoms with E-state index < -0.39 is 10.0 Å². The van der Waals surface area contributed by atoms with Crippen LogP contribution in [0.5, 0.6) is 5.88 Å². The molecule has 1 saturated heterocycles. The lowest BCUT2D eigenvalue weighted by Gasteiger charge is -2.14. The largest absolute Gasteiger partial charge is 0.494 e. The number of benzene rings is 3. The Morgan fingerprint density at radius 1 is 1.16 bits per heavy atom. The average Bonchev–Trinajstić information content (AvgIpc) is 3.44. The second-order valence-electron chi connectivity index (χ2n) is 9.23. The minimum Gasteiger partial charge on any atom is -0.494 e. The first-order valence-electron chi connectivity index (χ1n) is 12.0. The van der Waals surface area contributed by atoms with Crippen molar-refractivity contribution < 1.29 is 18.4 Å². The SMILES string of the molecule is CONS(=O)(=O)c1cc2c(C(=Nc3ccc(N[C@@H]4CCN(C)C4)cc3)c3ccccc3)c(O)[nH]c2cc1Cl. The summed E-state index contributed by atoms with van der Waals surface area (Å²) in [7, 11) is -0.742. The molecule has 0 bridgehead atoms. The number of hydrogen-bond donors (Lipinski definition) is 4. The van der Waals surface area contributed by atoms with E-state index in [1.165, 1.54) is 19.2 Å². The average molecular weight is 554 g/mol. The van der Waals surface area contributed by atoms with Gasteiger partial charge in [0.15, 0.2) is 5.88 Å². The molecule has 1 aliphatic heterocycles. The third-order valence-corrected chi connectivity index (χ3v) is 8.20. The molecule has 0 unspecified atom stereocenters. The number of nitrogens with one attached hydrogen (secondary N) is 3. The molecule has 0 radical (unpaired) electrons. The van der Waals surface area contributed by atoms with Crippen LogP contribution in [0.25, 0.3) is 10.9 Å². The van der Waals surface area contributed by atoms with Crippen LogP contribution in [0.1, 0.15) is 17.5 Å². The summed E-state index contributed by atoms with van der Waals surface area (Å²) in [6.07, 6.45) is 1.09. The van der Waals surface area contributed by atoms with Gasteiger partial charge in [-0.3, -0.25) is 4.84 Å². The second-order valence-corrected chi connectivity index (χ2v) is 11.3. The fourth-order valence-electron chi connectivity index (χ4n) is 4.69. The molecule has 0 aliphatic carbocycles. The topological polar surface area (TPSA) is 119 Å². The Labute approximate surface area is 226 Å². The number of hydrogen-bond acceptors (Lipinski definition) is 7. The fraction of sp³-hybridized carbons (Fsp3) is 0.222. The highest BCUT2D eigenvalue weighted by Crippen LogP contribution is 2.36. The van der Waals surface area contributed by atoms with E-state index in [9.17, 15) is 13.5 Å². The maximum absolute atomic E-state index is 12.7. The lowest BCUT2D eigenvalue weighted by atomic mass is 10.0.